The minimum atomic E-state index is -0.343. The lowest BCUT2D eigenvalue weighted by Gasteiger charge is -2.10. The zero-order valence-electron chi connectivity index (χ0n) is 13.1. The Balaban J connectivity index is 1.71. The summed E-state index contributed by atoms with van der Waals surface area (Å²) in [7, 11) is 0. The zero-order valence-corrected chi connectivity index (χ0v) is 13.9. The Hall–Kier alpha value is -2.73. The molecule has 0 aliphatic rings. The van der Waals surface area contributed by atoms with Gasteiger partial charge in [0, 0.05) is 18.3 Å². The first-order valence-electron chi connectivity index (χ1n) is 7.34. The molecule has 3 amide bonds. The van der Waals surface area contributed by atoms with Gasteiger partial charge in [-0.2, -0.15) is 0 Å². The second-order valence-corrected chi connectivity index (χ2v) is 5.33. The predicted molar refractivity (Wildman–Crippen MR) is 94.7 cm³/mol. The number of para-hydroxylation sites is 1. The first-order chi connectivity index (χ1) is 11.5. The molecule has 0 aromatic heterocycles. The van der Waals surface area contributed by atoms with Gasteiger partial charge in [0.15, 0.2) is 0 Å². The molecule has 0 saturated heterocycles. The molecule has 126 valence electrons. The van der Waals surface area contributed by atoms with Crippen LogP contribution in [-0.4, -0.2) is 25.1 Å². The van der Waals surface area contributed by atoms with E-state index in [4.69, 9.17) is 16.3 Å². The molecule has 0 unspecified atom stereocenters. The van der Waals surface area contributed by atoms with Crippen molar-refractivity contribution in [3.05, 3.63) is 53.6 Å². The van der Waals surface area contributed by atoms with E-state index in [-0.39, 0.29) is 11.9 Å². The highest BCUT2D eigenvalue weighted by Crippen LogP contribution is 2.22. The molecule has 0 aliphatic heterocycles. The molecule has 0 radical (unpaired) electrons. The Morgan fingerprint density at radius 1 is 1.00 bits per heavy atom. The fourth-order valence-electron chi connectivity index (χ4n) is 1.90. The summed E-state index contributed by atoms with van der Waals surface area (Å²) in [5.74, 6) is 0.432. The second kappa shape index (κ2) is 8.79. The number of urea groups is 1. The normalized spacial score (nSPS) is 9.92. The summed E-state index contributed by atoms with van der Waals surface area (Å²) in [6.45, 7) is 2.07. The molecule has 0 heterocycles. The lowest BCUT2D eigenvalue weighted by atomic mass is 10.3. The highest BCUT2D eigenvalue weighted by atomic mass is 35.5. The molecule has 6 nitrogen and oxygen atoms in total. The Bertz CT molecular complexity index is 704. The Labute approximate surface area is 145 Å². The van der Waals surface area contributed by atoms with Crippen LogP contribution in [0.4, 0.5) is 16.2 Å². The maximum Gasteiger partial charge on any atom is 0.319 e. The maximum absolute atomic E-state index is 11.8. The van der Waals surface area contributed by atoms with Crippen molar-refractivity contribution in [2.45, 2.75) is 6.92 Å². The number of carbonyl (C=O) groups is 2. The molecule has 0 fully saturated rings. The van der Waals surface area contributed by atoms with Gasteiger partial charge in [-0.05, 0) is 36.4 Å². The lowest BCUT2D eigenvalue weighted by Crippen LogP contribution is -2.32. The number of amides is 3. The maximum atomic E-state index is 11.8. The number of nitrogens with one attached hydrogen (secondary N) is 3. The molecule has 0 spiro atoms. The van der Waals surface area contributed by atoms with Gasteiger partial charge in [-0.3, -0.25) is 4.79 Å². The van der Waals surface area contributed by atoms with Gasteiger partial charge in [0.25, 0.3) is 0 Å². The van der Waals surface area contributed by atoms with Gasteiger partial charge in [0.05, 0.1) is 11.6 Å². The number of benzene rings is 2. The number of anilines is 2. The highest BCUT2D eigenvalue weighted by molar-refractivity contribution is 6.32. The largest absolute Gasteiger partial charge is 0.490 e. The standard InChI is InChI=1S/C17H18ClN3O3/c1-12(22)20-13-6-8-14(9-7-13)21-17(23)19-10-11-24-16-5-3-2-4-15(16)18/h2-9H,10-11H2,1H3,(H,20,22)(H2,19,21,23). The third-order valence-electron chi connectivity index (χ3n) is 2.94. The van der Waals surface area contributed by atoms with Gasteiger partial charge in [0.1, 0.15) is 12.4 Å². The fraction of sp³-hybridized carbons (Fsp3) is 0.176. The number of carbonyl (C=O) groups excluding carboxylic acids is 2. The van der Waals surface area contributed by atoms with E-state index < -0.39 is 0 Å². The molecule has 2 aromatic carbocycles. The summed E-state index contributed by atoms with van der Waals surface area (Å²) in [6, 6.07) is 13.6. The van der Waals surface area contributed by atoms with Gasteiger partial charge < -0.3 is 20.7 Å². The minimum Gasteiger partial charge on any atom is -0.490 e. The van der Waals surface area contributed by atoms with E-state index in [1.807, 2.05) is 12.1 Å². The summed E-state index contributed by atoms with van der Waals surface area (Å²) in [6.07, 6.45) is 0. The van der Waals surface area contributed by atoms with Crippen LogP contribution in [0.2, 0.25) is 5.02 Å². The van der Waals surface area contributed by atoms with E-state index in [1.54, 1.807) is 36.4 Å². The molecular formula is C17H18ClN3O3. The molecule has 0 atom stereocenters. The molecule has 2 aromatic rings. The number of rotatable bonds is 6. The van der Waals surface area contributed by atoms with E-state index in [0.29, 0.717) is 35.3 Å². The molecule has 7 heteroatoms. The van der Waals surface area contributed by atoms with Crippen molar-refractivity contribution in [1.29, 1.82) is 0 Å². The van der Waals surface area contributed by atoms with Crippen LogP contribution in [0, 0.1) is 0 Å². The van der Waals surface area contributed by atoms with Crippen molar-refractivity contribution in [3.8, 4) is 5.75 Å². The minimum absolute atomic E-state index is 0.146. The molecule has 24 heavy (non-hydrogen) atoms. The number of halogens is 1. The number of hydrogen-bond donors (Lipinski definition) is 3. The van der Waals surface area contributed by atoms with E-state index in [9.17, 15) is 9.59 Å². The first kappa shape index (κ1) is 17.6. The molecule has 0 bridgehead atoms. The number of ether oxygens (including phenoxy) is 1. The fourth-order valence-corrected chi connectivity index (χ4v) is 2.09. The molecule has 0 aliphatic carbocycles. The number of hydrogen-bond acceptors (Lipinski definition) is 3. The molecule has 2 rings (SSSR count). The summed E-state index contributed by atoms with van der Waals surface area (Å²) in [4.78, 5) is 22.7. The van der Waals surface area contributed by atoms with Crippen LogP contribution in [-0.2, 0) is 4.79 Å². The van der Waals surface area contributed by atoms with E-state index >= 15 is 0 Å². The zero-order chi connectivity index (χ0) is 17.4. The first-order valence-corrected chi connectivity index (χ1v) is 7.72. The van der Waals surface area contributed by atoms with Crippen LogP contribution >= 0.6 is 11.6 Å². The van der Waals surface area contributed by atoms with Crippen molar-refractivity contribution < 1.29 is 14.3 Å². The van der Waals surface area contributed by atoms with Crippen LogP contribution in [0.3, 0.4) is 0 Å². The quantitative estimate of drug-likeness (QED) is 0.700. The van der Waals surface area contributed by atoms with Gasteiger partial charge in [0.2, 0.25) is 5.91 Å². The average molecular weight is 348 g/mol. The summed E-state index contributed by atoms with van der Waals surface area (Å²) < 4.78 is 5.48. The average Bonchev–Trinajstić information content (AvgIpc) is 2.54. The summed E-state index contributed by atoms with van der Waals surface area (Å²) >= 11 is 5.97. The smallest absolute Gasteiger partial charge is 0.319 e. The summed E-state index contributed by atoms with van der Waals surface area (Å²) in [5, 5.41) is 8.55. The monoisotopic (exact) mass is 347 g/mol. The van der Waals surface area contributed by atoms with Crippen molar-refractivity contribution in [3.63, 3.8) is 0 Å². The lowest BCUT2D eigenvalue weighted by molar-refractivity contribution is -0.114. The van der Waals surface area contributed by atoms with Crippen LogP contribution in [0.1, 0.15) is 6.92 Å². The third-order valence-corrected chi connectivity index (χ3v) is 3.26. The van der Waals surface area contributed by atoms with Crippen molar-refractivity contribution in [1.82, 2.24) is 5.32 Å². The van der Waals surface area contributed by atoms with Gasteiger partial charge in [-0.1, -0.05) is 23.7 Å². The third kappa shape index (κ3) is 5.81. The predicted octanol–water partition coefficient (Wildman–Crippen LogP) is 3.50. The van der Waals surface area contributed by atoms with E-state index in [0.717, 1.165) is 0 Å². The SMILES string of the molecule is CC(=O)Nc1ccc(NC(=O)NCCOc2ccccc2Cl)cc1. The van der Waals surface area contributed by atoms with Crippen LogP contribution in [0.25, 0.3) is 0 Å². The Kier molecular flexibility index (Phi) is 6.45. The van der Waals surface area contributed by atoms with Crippen molar-refractivity contribution in [2.75, 3.05) is 23.8 Å². The van der Waals surface area contributed by atoms with Crippen LogP contribution < -0.4 is 20.7 Å². The van der Waals surface area contributed by atoms with E-state index in [2.05, 4.69) is 16.0 Å². The molecular weight excluding hydrogens is 330 g/mol. The second-order valence-electron chi connectivity index (χ2n) is 4.92. The van der Waals surface area contributed by atoms with Crippen LogP contribution in [0.15, 0.2) is 48.5 Å². The Morgan fingerprint density at radius 3 is 2.25 bits per heavy atom. The van der Waals surface area contributed by atoms with Gasteiger partial charge >= 0.3 is 6.03 Å². The van der Waals surface area contributed by atoms with Gasteiger partial charge in [-0.15, -0.1) is 0 Å². The Morgan fingerprint density at radius 2 is 1.62 bits per heavy atom. The highest BCUT2D eigenvalue weighted by Gasteiger charge is 2.03. The van der Waals surface area contributed by atoms with Crippen molar-refractivity contribution in [2.24, 2.45) is 0 Å². The van der Waals surface area contributed by atoms with E-state index in [1.165, 1.54) is 6.92 Å². The summed E-state index contributed by atoms with van der Waals surface area (Å²) in [5.41, 5.74) is 1.29. The molecule has 3 N–H and O–H groups in total. The van der Waals surface area contributed by atoms with Gasteiger partial charge in [-0.25, -0.2) is 4.79 Å². The topological polar surface area (TPSA) is 79.5 Å². The molecule has 0 saturated carbocycles. The van der Waals surface area contributed by atoms with Crippen LogP contribution in [0.5, 0.6) is 5.75 Å². The van der Waals surface area contributed by atoms with Crippen molar-refractivity contribution >= 4 is 34.9 Å².